The smallest absolute Gasteiger partial charge is 0.0465 e. The fraction of sp³-hybridized carbons (Fsp3) is 0.133. The van der Waals surface area contributed by atoms with Crippen LogP contribution in [0, 0.1) is 6.92 Å². The Kier molecular flexibility index (Phi) is 2.17. The largest absolute Gasteiger partial charge is 0.355 e. The average molecular weight is 208 g/mol. The second-order valence-electron chi connectivity index (χ2n) is 4.15. The van der Waals surface area contributed by atoms with Gasteiger partial charge in [-0.3, -0.25) is 0 Å². The summed E-state index contributed by atoms with van der Waals surface area (Å²) in [6, 6.07) is 15.1. The molecule has 0 amide bonds. The minimum Gasteiger partial charge on any atom is -0.355 e. The van der Waals surface area contributed by atoms with Gasteiger partial charge in [0, 0.05) is 21.8 Å². The number of para-hydroxylation sites is 1. The predicted molar refractivity (Wildman–Crippen MR) is 69.5 cm³/mol. The molecule has 0 unspecified atom stereocenters. The topological polar surface area (TPSA) is 15.8 Å². The van der Waals surface area contributed by atoms with Crippen LogP contribution in [0.25, 0.3) is 21.8 Å². The summed E-state index contributed by atoms with van der Waals surface area (Å²) in [7, 11) is 0. The number of benzene rings is 2. The highest BCUT2D eigenvalue weighted by Gasteiger charge is 2.03. The Morgan fingerprint density at radius 3 is 2.62 bits per heavy atom. The Labute approximate surface area is 95.1 Å². The monoisotopic (exact) mass is 208 g/mol. The third-order valence-corrected chi connectivity index (χ3v) is 3.04. The molecule has 1 nitrogen and oxygen atoms in total. The lowest BCUT2D eigenvalue weighted by Gasteiger charge is -1.98. The molecule has 0 fully saturated rings. The van der Waals surface area contributed by atoms with Crippen LogP contribution in [0.1, 0.15) is 12.0 Å². The van der Waals surface area contributed by atoms with E-state index in [4.69, 9.17) is 0 Å². The average Bonchev–Trinajstić information content (AvgIpc) is 2.68. The molecule has 1 N–H and O–H groups in total. The van der Waals surface area contributed by atoms with Crippen LogP contribution >= 0.6 is 0 Å². The molecule has 1 radical (unpaired) electrons. The predicted octanol–water partition coefficient (Wildman–Crippen LogP) is 4.09. The second kappa shape index (κ2) is 3.67. The molecule has 0 saturated heterocycles. The molecule has 3 aromatic rings. The van der Waals surface area contributed by atoms with Gasteiger partial charge in [0.15, 0.2) is 0 Å². The van der Waals surface area contributed by atoms with E-state index in [0.29, 0.717) is 0 Å². The lowest BCUT2D eigenvalue weighted by Crippen LogP contribution is -1.81. The van der Waals surface area contributed by atoms with E-state index in [-0.39, 0.29) is 0 Å². The first-order valence-electron chi connectivity index (χ1n) is 5.67. The maximum atomic E-state index is 3.90. The number of hydrogen-bond donors (Lipinski definition) is 1. The molecule has 16 heavy (non-hydrogen) atoms. The molecule has 3 rings (SSSR count). The van der Waals surface area contributed by atoms with Crippen molar-refractivity contribution in [3.63, 3.8) is 0 Å². The summed E-state index contributed by atoms with van der Waals surface area (Å²) in [6.45, 7) is 3.90. The summed E-state index contributed by atoms with van der Waals surface area (Å²) in [5.41, 5.74) is 3.80. The number of hydrogen-bond acceptors (Lipinski definition) is 0. The lowest BCUT2D eigenvalue weighted by molar-refractivity contribution is 1.00. The number of aryl methyl sites for hydroxylation is 1. The third-order valence-electron chi connectivity index (χ3n) is 3.04. The van der Waals surface area contributed by atoms with E-state index < -0.39 is 0 Å². The maximum absolute atomic E-state index is 3.90. The van der Waals surface area contributed by atoms with Gasteiger partial charge in [-0.1, -0.05) is 31.2 Å². The van der Waals surface area contributed by atoms with Crippen LogP contribution < -0.4 is 0 Å². The van der Waals surface area contributed by atoms with Crippen molar-refractivity contribution in [2.45, 2.75) is 12.8 Å². The second-order valence-corrected chi connectivity index (χ2v) is 4.15. The molecule has 0 bridgehead atoms. The third kappa shape index (κ3) is 1.40. The van der Waals surface area contributed by atoms with Crippen molar-refractivity contribution in [2.75, 3.05) is 0 Å². The quantitative estimate of drug-likeness (QED) is 0.653. The van der Waals surface area contributed by atoms with Crippen LogP contribution in [0.15, 0.2) is 42.5 Å². The van der Waals surface area contributed by atoms with Crippen molar-refractivity contribution in [1.82, 2.24) is 4.98 Å². The van der Waals surface area contributed by atoms with Gasteiger partial charge < -0.3 is 4.98 Å². The molecule has 0 aliphatic rings. The van der Waals surface area contributed by atoms with Gasteiger partial charge in [0.1, 0.15) is 0 Å². The first-order valence-corrected chi connectivity index (χ1v) is 5.67. The molecule has 2 aromatic carbocycles. The summed E-state index contributed by atoms with van der Waals surface area (Å²) >= 11 is 0. The highest BCUT2D eigenvalue weighted by molar-refractivity contribution is 6.07. The van der Waals surface area contributed by atoms with E-state index in [2.05, 4.69) is 54.4 Å². The summed E-state index contributed by atoms with van der Waals surface area (Å²) in [4.78, 5) is 3.43. The molecule has 0 aliphatic carbocycles. The lowest BCUT2D eigenvalue weighted by atomic mass is 10.1. The first kappa shape index (κ1) is 9.46. The van der Waals surface area contributed by atoms with E-state index in [1.165, 1.54) is 27.4 Å². The maximum Gasteiger partial charge on any atom is 0.0465 e. The van der Waals surface area contributed by atoms with Gasteiger partial charge >= 0.3 is 0 Å². The Balaban J connectivity index is 2.31. The standard InChI is InChI=1S/C15H14N/c1-2-5-11-8-9-15-13(10-11)12-6-3-4-7-14(12)16-15/h3-4,6-10,16H,1-2,5H2. The van der Waals surface area contributed by atoms with Gasteiger partial charge in [0.25, 0.3) is 0 Å². The Morgan fingerprint density at radius 2 is 1.75 bits per heavy atom. The van der Waals surface area contributed by atoms with E-state index in [1.807, 2.05) is 0 Å². The highest BCUT2D eigenvalue weighted by Crippen LogP contribution is 2.26. The zero-order valence-electron chi connectivity index (χ0n) is 9.16. The van der Waals surface area contributed by atoms with Crippen LogP contribution in [0.2, 0.25) is 0 Å². The van der Waals surface area contributed by atoms with Crippen molar-refractivity contribution in [1.29, 1.82) is 0 Å². The summed E-state index contributed by atoms with van der Waals surface area (Å²) in [5, 5.41) is 2.63. The van der Waals surface area contributed by atoms with Crippen molar-refractivity contribution in [2.24, 2.45) is 0 Å². The van der Waals surface area contributed by atoms with Crippen LogP contribution in [-0.2, 0) is 6.42 Å². The molecule has 1 aromatic heterocycles. The minimum atomic E-state index is 0.952. The molecule has 0 atom stereocenters. The number of rotatable bonds is 2. The van der Waals surface area contributed by atoms with Crippen molar-refractivity contribution < 1.29 is 0 Å². The SMILES string of the molecule is [CH2]CCc1ccc2[nH]c3ccccc3c2c1. The zero-order chi connectivity index (χ0) is 11.0. The fourth-order valence-corrected chi connectivity index (χ4v) is 2.25. The van der Waals surface area contributed by atoms with Crippen molar-refractivity contribution in [3.05, 3.63) is 55.0 Å². The Hall–Kier alpha value is -1.76. The summed E-state index contributed by atoms with van der Waals surface area (Å²) < 4.78 is 0. The van der Waals surface area contributed by atoms with Gasteiger partial charge in [-0.2, -0.15) is 0 Å². The van der Waals surface area contributed by atoms with Crippen LogP contribution in [0.5, 0.6) is 0 Å². The number of H-pyrrole nitrogens is 1. The van der Waals surface area contributed by atoms with E-state index in [9.17, 15) is 0 Å². The van der Waals surface area contributed by atoms with Gasteiger partial charge in [-0.05, 0) is 36.6 Å². The number of nitrogens with one attached hydrogen (secondary N) is 1. The molecular formula is C15H14N. The van der Waals surface area contributed by atoms with E-state index in [1.54, 1.807) is 0 Å². The number of fused-ring (bicyclic) bond motifs is 3. The molecule has 0 aliphatic heterocycles. The van der Waals surface area contributed by atoms with Crippen molar-refractivity contribution >= 4 is 21.8 Å². The Bertz CT molecular complexity index is 634. The number of aromatic amines is 1. The molecule has 1 heteroatoms. The Morgan fingerprint density at radius 1 is 0.938 bits per heavy atom. The van der Waals surface area contributed by atoms with Gasteiger partial charge in [0.2, 0.25) is 0 Å². The number of aromatic nitrogens is 1. The van der Waals surface area contributed by atoms with Gasteiger partial charge in [-0.25, -0.2) is 0 Å². The molecule has 1 heterocycles. The van der Waals surface area contributed by atoms with E-state index >= 15 is 0 Å². The summed E-state index contributed by atoms with van der Waals surface area (Å²) in [5.74, 6) is 0. The fourth-order valence-electron chi connectivity index (χ4n) is 2.25. The van der Waals surface area contributed by atoms with Gasteiger partial charge in [-0.15, -0.1) is 0 Å². The normalized spacial score (nSPS) is 11.3. The van der Waals surface area contributed by atoms with Crippen LogP contribution in [0.4, 0.5) is 0 Å². The highest BCUT2D eigenvalue weighted by atomic mass is 14.7. The molecule has 0 saturated carbocycles. The molecule has 79 valence electrons. The van der Waals surface area contributed by atoms with E-state index in [0.717, 1.165) is 12.8 Å². The first-order chi connectivity index (χ1) is 7.88. The van der Waals surface area contributed by atoms with Crippen LogP contribution in [-0.4, -0.2) is 4.98 Å². The summed E-state index contributed by atoms with van der Waals surface area (Å²) in [6.07, 6.45) is 2.00. The van der Waals surface area contributed by atoms with Crippen LogP contribution in [0.3, 0.4) is 0 Å². The molecular weight excluding hydrogens is 194 g/mol. The zero-order valence-corrected chi connectivity index (χ0v) is 9.16. The minimum absolute atomic E-state index is 0.952. The van der Waals surface area contributed by atoms with Gasteiger partial charge in [0.05, 0.1) is 0 Å². The molecule has 0 spiro atoms. The van der Waals surface area contributed by atoms with Crippen molar-refractivity contribution in [3.8, 4) is 0 Å².